The van der Waals surface area contributed by atoms with Gasteiger partial charge in [0.2, 0.25) is 0 Å². The summed E-state index contributed by atoms with van der Waals surface area (Å²) >= 11 is 0. The number of ether oxygens (including phenoxy) is 1. The van der Waals surface area contributed by atoms with Gasteiger partial charge in [0.15, 0.2) is 0 Å². The summed E-state index contributed by atoms with van der Waals surface area (Å²) < 4.78 is 7.57. The molecule has 4 aromatic rings. The van der Waals surface area contributed by atoms with Crippen LogP contribution in [0.25, 0.3) is 5.69 Å². The van der Waals surface area contributed by atoms with E-state index < -0.39 is 0 Å². The maximum atomic E-state index is 5.60. The number of rotatable bonds is 6. The largest absolute Gasteiger partial charge is 0.495 e. The summed E-state index contributed by atoms with van der Waals surface area (Å²) in [5, 5.41) is 0. The molecule has 2 aromatic heterocycles. The average Bonchev–Trinajstić information content (AvgIpc) is 3.15. The number of nitrogens with zero attached hydrogens (tertiary/aromatic N) is 4. The molecule has 0 atom stereocenters. The van der Waals surface area contributed by atoms with Crippen LogP contribution in [0.5, 0.6) is 5.75 Å². The maximum Gasteiger partial charge on any atom is 0.143 e. The van der Waals surface area contributed by atoms with E-state index in [0.29, 0.717) is 6.42 Å². The van der Waals surface area contributed by atoms with Gasteiger partial charge in [0, 0.05) is 30.9 Å². The van der Waals surface area contributed by atoms with Crippen LogP contribution in [0.3, 0.4) is 0 Å². The van der Waals surface area contributed by atoms with Crippen molar-refractivity contribution in [2.45, 2.75) is 19.8 Å². The van der Waals surface area contributed by atoms with E-state index in [0.717, 1.165) is 40.6 Å². The summed E-state index contributed by atoms with van der Waals surface area (Å²) in [5.74, 6) is 1.61. The Kier molecular flexibility index (Phi) is 5.15. The zero-order valence-electron chi connectivity index (χ0n) is 16.0. The minimum absolute atomic E-state index is 0.655. The molecule has 0 fully saturated rings. The van der Waals surface area contributed by atoms with Crippen molar-refractivity contribution in [1.82, 2.24) is 19.5 Å². The molecule has 0 amide bonds. The summed E-state index contributed by atoms with van der Waals surface area (Å²) in [6, 6.07) is 18.5. The first kappa shape index (κ1) is 17.9. The molecular weight excluding hydrogens is 348 g/mol. The second-order valence-corrected chi connectivity index (χ2v) is 6.73. The van der Waals surface area contributed by atoms with Gasteiger partial charge in [-0.15, -0.1) is 0 Å². The molecule has 0 N–H and O–H groups in total. The van der Waals surface area contributed by atoms with Crippen molar-refractivity contribution in [2.75, 3.05) is 7.11 Å². The lowest BCUT2D eigenvalue weighted by molar-refractivity contribution is 0.412. The van der Waals surface area contributed by atoms with Crippen LogP contribution in [-0.2, 0) is 12.8 Å². The first-order chi connectivity index (χ1) is 13.7. The third kappa shape index (κ3) is 4.09. The topological polar surface area (TPSA) is 52.8 Å². The molecule has 0 aliphatic carbocycles. The Bertz CT molecular complexity index is 1070. The van der Waals surface area contributed by atoms with Crippen molar-refractivity contribution >= 4 is 0 Å². The molecule has 5 nitrogen and oxygen atoms in total. The molecule has 5 heteroatoms. The van der Waals surface area contributed by atoms with Crippen LogP contribution in [-0.4, -0.2) is 26.6 Å². The summed E-state index contributed by atoms with van der Waals surface area (Å²) in [4.78, 5) is 13.5. The van der Waals surface area contributed by atoms with Gasteiger partial charge in [-0.25, -0.2) is 15.0 Å². The highest BCUT2D eigenvalue weighted by Crippen LogP contribution is 2.25. The molecule has 2 aromatic carbocycles. The van der Waals surface area contributed by atoms with Crippen molar-refractivity contribution in [1.29, 1.82) is 0 Å². The van der Waals surface area contributed by atoms with E-state index in [-0.39, 0.29) is 0 Å². The number of benzene rings is 2. The standard InChI is InChI=1S/C23H22N4O/c1-17-15-27(16-25-17)21-9-8-19(13-22(21)28-2)14-23-24-11-10-20(26-23)12-18-6-4-3-5-7-18/h3-11,13,15-16H,12,14H2,1-2H3. The summed E-state index contributed by atoms with van der Waals surface area (Å²) in [7, 11) is 1.68. The Balaban J connectivity index is 1.55. The van der Waals surface area contributed by atoms with Gasteiger partial charge >= 0.3 is 0 Å². The van der Waals surface area contributed by atoms with Crippen LogP contribution < -0.4 is 4.74 Å². The number of aromatic nitrogens is 4. The minimum atomic E-state index is 0.655. The molecule has 0 spiro atoms. The predicted molar refractivity (Wildman–Crippen MR) is 109 cm³/mol. The smallest absolute Gasteiger partial charge is 0.143 e. The van der Waals surface area contributed by atoms with Crippen LogP contribution in [0.4, 0.5) is 0 Å². The number of hydrogen-bond donors (Lipinski definition) is 0. The molecular formula is C23H22N4O. The van der Waals surface area contributed by atoms with Gasteiger partial charge in [-0.05, 0) is 36.2 Å². The Hall–Kier alpha value is -3.47. The number of hydrogen-bond acceptors (Lipinski definition) is 4. The van der Waals surface area contributed by atoms with Crippen LogP contribution in [0, 0.1) is 6.92 Å². The molecule has 0 saturated heterocycles. The highest BCUT2D eigenvalue weighted by atomic mass is 16.5. The van der Waals surface area contributed by atoms with E-state index in [1.54, 1.807) is 13.4 Å². The molecule has 2 heterocycles. The van der Waals surface area contributed by atoms with Crippen LogP contribution >= 0.6 is 0 Å². The van der Waals surface area contributed by atoms with E-state index in [9.17, 15) is 0 Å². The van der Waals surface area contributed by atoms with Gasteiger partial charge in [0.05, 0.1) is 24.8 Å². The van der Waals surface area contributed by atoms with Crippen molar-refractivity contribution in [3.05, 3.63) is 102 Å². The highest BCUT2D eigenvalue weighted by Gasteiger charge is 2.09. The number of methoxy groups -OCH3 is 1. The van der Waals surface area contributed by atoms with Gasteiger partial charge < -0.3 is 9.30 Å². The van der Waals surface area contributed by atoms with Crippen LogP contribution in [0.15, 0.2) is 73.3 Å². The normalized spacial score (nSPS) is 10.8. The van der Waals surface area contributed by atoms with Gasteiger partial charge in [0.1, 0.15) is 11.6 Å². The summed E-state index contributed by atoms with van der Waals surface area (Å²) in [6.07, 6.45) is 7.07. The van der Waals surface area contributed by atoms with Crippen LogP contribution in [0.2, 0.25) is 0 Å². The molecule has 0 aliphatic heterocycles. The fourth-order valence-corrected chi connectivity index (χ4v) is 3.21. The van der Waals surface area contributed by atoms with E-state index in [1.807, 2.05) is 60.3 Å². The van der Waals surface area contributed by atoms with Crippen LogP contribution in [0.1, 0.15) is 28.3 Å². The number of imidazole rings is 1. The Morgan fingerprint density at radius 1 is 0.929 bits per heavy atom. The van der Waals surface area contributed by atoms with Gasteiger partial charge in [-0.2, -0.15) is 0 Å². The monoisotopic (exact) mass is 370 g/mol. The summed E-state index contributed by atoms with van der Waals surface area (Å²) in [5.41, 5.74) is 5.30. The third-order valence-corrected chi connectivity index (χ3v) is 4.59. The molecule has 0 unspecified atom stereocenters. The second kappa shape index (κ2) is 8.05. The molecule has 0 bridgehead atoms. The maximum absolute atomic E-state index is 5.60. The van der Waals surface area contributed by atoms with Gasteiger partial charge in [-0.1, -0.05) is 36.4 Å². The lowest BCUT2D eigenvalue weighted by Gasteiger charge is -2.11. The predicted octanol–water partition coefficient (Wildman–Crippen LogP) is 4.16. The zero-order valence-corrected chi connectivity index (χ0v) is 16.0. The SMILES string of the molecule is COc1cc(Cc2nccc(Cc3ccccc3)n2)ccc1-n1cnc(C)c1. The van der Waals surface area contributed by atoms with E-state index in [1.165, 1.54) is 5.56 Å². The third-order valence-electron chi connectivity index (χ3n) is 4.59. The van der Waals surface area contributed by atoms with Crippen molar-refractivity contribution in [3.8, 4) is 11.4 Å². The first-order valence-corrected chi connectivity index (χ1v) is 9.24. The van der Waals surface area contributed by atoms with Gasteiger partial charge in [-0.3, -0.25) is 0 Å². The highest BCUT2D eigenvalue weighted by molar-refractivity contribution is 5.49. The lowest BCUT2D eigenvalue weighted by atomic mass is 10.1. The Morgan fingerprint density at radius 2 is 1.79 bits per heavy atom. The Labute approximate surface area is 164 Å². The summed E-state index contributed by atoms with van der Waals surface area (Å²) in [6.45, 7) is 1.97. The number of aryl methyl sites for hydroxylation is 1. The second-order valence-electron chi connectivity index (χ2n) is 6.73. The quantitative estimate of drug-likeness (QED) is 0.511. The molecule has 0 radical (unpaired) electrons. The van der Waals surface area contributed by atoms with E-state index in [4.69, 9.17) is 9.72 Å². The van der Waals surface area contributed by atoms with Gasteiger partial charge in [0.25, 0.3) is 0 Å². The van der Waals surface area contributed by atoms with Crippen molar-refractivity contribution in [2.24, 2.45) is 0 Å². The fourth-order valence-electron chi connectivity index (χ4n) is 3.21. The Morgan fingerprint density at radius 3 is 2.54 bits per heavy atom. The fraction of sp³-hybridized carbons (Fsp3) is 0.174. The lowest BCUT2D eigenvalue weighted by Crippen LogP contribution is -2.02. The zero-order chi connectivity index (χ0) is 19.3. The van der Waals surface area contributed by atoms with E-state index >= 15 is 0 Å². The molecule has 140 valence electrons. The molecule has 0 saturated carbocycles. The van der Waals surface area contributed by atoms with Crippen molar-refractivity contribution < 1.29 is 4.74 Å². The molecule has 28 heavy (non-hydrogen) atoms. The molecule has 4 rings (SSSR count). The average molecular weight is 370 g/mol. The van der Waals surface area contributed by atoms with E-state index in [2.05, 4.69) is 28.2 Å². The molecule has 0 aliphatic rings. The first-order valence-electron chi connectivity index (χ1n) is 9.24. The van der Waals surface area contributed by atoms with Crippen molar-refractivity contribution in [3.63, 3.8) is 0 Å². The minimum Gasteiger partial charge on any atom is -0.495 e.